The van der Waals surface area contributed by atoms with Crippen LogP contribution in [0.4, 0.5) is 0 Å². The molecule has 0 aliphatic heterocycles. The Hall–Kier alpha value is -0.710. The van der Waals surface area contributed by atoms with Crippen molar-refractivity contribution in [3.05, 3.63) is 35.4 Å². The first-order chi connectivity index (χ1) is 7.09. The molecule has 0 saturated carbocycles. The normalized spacial score (nSPS) is 14.9. The van der Waals surface area contributed by atoms with E-state index in [-0.39, 0.29) is 0 Å². The molecule has 0 radical (unpaired) electrons. The van der Waals surface area contributed by atoms with Crippen LogP contribution in [0, 0.1) is 6.92 Å². The molecular formula is C11H16O3S. The molecule has 0 aliphatic carbocycles. The van der Waals surface area contributed by atoms with Crippen molar-refractivity contribution in [1.29, 1.82) is 0 Å². The van der Waals surface area contributed by atoms with E-state index in [9.17, 15) is 4.21 Å². The Morgan fingerprint density at radius 3 is 2.47 bits per heavy atom. The van der Waals surface area contributed by atoms with Crippen LogP contribution in [0.1, 0.15) is 24.0 Å². The van der Waals surface area contributed by atoms with Gasteiger partial charge in [0, 0.05) is 0 Å². The summed E-state index contributed by atoms with van der Waals surface area (Å²) in [6.45, 7) is 2.03. The maximum atomic E-state index is 10.4. The maximum Gasteiger partial charge on any atom is 0.182 e. The van der Waals surface area contributed by atoms with E-state index >= 15 is 0 Å². The number of aliphatic hydroxyl groups is 1. The highest BCUT2D eigenvalue weighted by Gasteiger charge is 2.09. The van der Waals surface area contributed by atoms with Gasteiger partial charge >= 0.3 is 0 Å². The Kier molecular flexibility index (Phi) is 4.94. The molecule has 0 aromatic heterocycles. The Balaban J connectivity index is 2.32. The molecule has 4 heteroatoms. The average Bonchev–Trinajstić information content (AvgIpc) is 2.20. The minimum absolute atomic E-state index is 0.358. The summed E-state index contributed by atoms with van der Waals surface area (Å²) in [7, 11) is 0. The Bertz CT molecular complexity index is 321. The lowest BCUT2D eigenvalue weighted by molar-refractivity contribution is 0.232. The zero-order valence-electron chi connectivity index (χ0n) is 8.72. The Morgan fingerprint density at radius 1 is 1.33 bits per heavy atom. The molecule has 0 fully saturated rings. The molecule has 2 N–H and O–H groups in total. The largest absolute Gasteiger partial charge is 0.377 e. The van der Waals surface area contributed by atoms with Crippen LogP contribution in [-0.4, -0.2) is 19.3 Å². The summed E-state index contributed by atoms with van der Waals surface area (Å²) in [5, 5.41) is 9.10. The van der Waals surface area contributed by atoms with Gasteiger partial charge in [-0.05, 0) is 31.7 Å². The van der Waals surface area contributed by atoms with Crippen molar-refractivity contribution < 1.29 is 13.9 Å². The van der Waals surface area contributed by atoms with E-state index in [4.69, 9.17) is 9.66 Å². The van der Waals surface area contributed by atoms with Crippen LogP contribution in [0.3, 0.4) is 0 Å². The summed E-state index contributed by atoms with van der Waals surface area (Å²) < 4.78 is 19.0. The molecule has 84 valence electrons. The van der Waals surface area contributed by atoms with Crippen LogP contribution in [0.5, 0.6) is 0 Å². The average molecular weight is 228 g/mol. The maximum absolute atomic E-state index is 10.4. The van der Waals surface area contributed by atoms with E-state index < -0.39 is 16.5 Å². The molecule has 0 spiro atoms. The summed E-state index contributed by atoms with van der Waals surface area (Å²) in [6, 6.07) is 8.15. The van der Waals surface area contributed by atoms with E-state index in [1.54, 1.807) is 0 Å². The van der Waals surface area contributed by atoms with Gasteiger partial charge in [-0.15, -0.1) is 0 Å². The highest BCUT2D eigenvalue weighted by Crippen LogP contribution is 2.09. The number of benzene rings is 1. The second-order valence-electron chi connectivity index (χ2n) is 3.61. The number of aliphatic hydroxyl groups excluding tert-OH is 1. The lowest BCUT2D eigenvalue weighted by Gasteiger charge is -2.05. The molecule has 2 unspecified atom stereocenters. The number of aryl methyl sites for hydroxylation is 2. The molecule has 0 amide bonds. The van der Waals surface area contributed by atoms with Gasteiger partial charge in [0.05, 0.1) is 0 Å². The van der Waals surface area contributed by atoms with E-state index in [1.807, 2.05) is 31.2 Å². The van der Waals surface area contributed by atoms with E-state index in [1.165, 1.54) is 11.1 Å². The monoisotopic (exact) mass is 228 g/mol. The Labute approximate surface area is 92.4 Å². The third-order valence-corrected chi connectivity index (χ3v) is 2.97. The number of rotatable bonds is 5. The van der Waals surface area contributed by atoms with Gasteiger partial charge in [-0.25, -0.2) is 4.21 Å². The SMILES string of the molecule is Cc1ccc(CCCC(O)S(=O)O)cc1. The van der Waals surface area contributed by atoms with Crippen molar-refractivity contribution in [1.82, 2.24) is 0 Å². The number of hydrogen-bond acceptors (Lipinski definition) is 2. The van der Waals surface area contributed by atoms with Gasteiger partial charge in [-0.1, -0.05) is 29.8 Å². The molecule has 2 atom stereocenters. The van der Waals surface area contributed by atoms with Crippen molar-refractivity contribution in [3.8, 4) is 0 Å². The summed E-state index contributed by atoms with van der Waals surface area (Å²) in [6.07, 6.45) is 1.90. The van der Waals surface area contributed by atoms with E-state index in [2.05, 4.69) is 0 Å². The first-order valence-corrected chi connectivity index (χ1v) is 6.10. The fourth-order valence-corrected chi connectivity index (χ4v) is 1.70. The van der Waals surface area contributed by atoms with Crippen molar-refractivity contribution in [2.24, 2.45) is 0 Å². The van der Waals surface area contributed by atoms with Crippen LogP contribution in [0.15, 0.2) is 24.3 Å². The van der Waals surface area contributed by atoms with Crippen LogP contribution in [0.2, 0.25) is 0 Å². The summed E-state index contributed by atoms with van der Waals surface area (Å²) in [4.78, 5) is 0. The predicted molar refractivity (Wildman–Crippen MR) is 60.9 cm³/mol. The summed E-state index contributed by atoms with van der Waals surface area (Å²) in [5.41, 5.74) is 1.29. The Morgan fingerprint density at radius 2 is 1.93 bits per heavy atom. The van der Waals surface area contributed by atoms with Gasteiger partial charge in [0.15, 0.2) is 16.5 Å². The number of hydrogen-bond donors (Lipinski definition) is 2. The van der Waals surface area contributed by atoms with Crippen LogP contribution < -0.4 is 0 Å². The lowest BCUT2D eigenvalue weighted by atomic mass is 10.1. The first-order valence-electron chi connectivity index (χ1n) is 4.93. The van der Waals surface area contributed by atoms with Gasteiger partial charge in [-0.3, -0.25) is 0 Å². The smallest absolute Gasteiger partial charge is 0.182 e. The topological polar surface area (TPSA) is 57.5 Å². The molecule has 0 saturated heterocycles. The zero-order valence-corrected chi connectivity index (χ0v) is 9.54. The zero-order chi connectivity index (χ0) is 11.3. The molecule has 0 aliphatic rings. The lowest BCUT2D eigenvalue weighted by Crippen LogP contribution is -2.13. The minimum atomic E-state index is -2.12. The first kappa shape index (κ1) is 12.4. The molecule has 0 bridgehead atoms. The molecule has 1 rings (SSSR count). The fourth-order valence-electron chi connectivity index (χ4n) is 1.34. The van der Waals surface area contributed by atoms with Crippen molar-refractivity contribution >= 4 is 11.1 Å². The van der Waals surface area contributed by atoms with Crippen molar-refractivity contribution in [3.63, 3.8) is 0 Å². The fraction of sp³-hybridized carbons (Fsp3) is 0.455. The second-order valence-corrected chi connectivity index (χ2v) is 4.71. The third-order valence-electron chi connectivity index (χ3n) is 2.27. The van der Waals surface area contributed by atoms with Gasteiger partial charge < -0.3 is 9.66 Å². The minimum Gasteiger partial charge on any atom is -0.377 e. The summed E-state index contributed by atoms with van der Waals surface area (Å²) >= 11 is -2.12. The van der Waals surface area contributed by atoms with Crippen molar-refractivity contribution in [2.45, 2.75) is 31.6 Å². The molecular weight excluding hydrogens is 212 g/mol. The predicted octanol–water partition coefficient (Wildman–Crippen LogP) is 1.86. The van der Waals surface area contributed by atoms with E-state index in [0.29, 0.717) is 6.42 Å². The highest BCUT2D eigenvalue weighted by molar-refractivity contribution is 7.79. The van der Waals surface area contributed by atoms with Crippen LogP contribution >= 0.6 is 0 Å². The van der Waals surface area contributed by atoms with E-state index in [0.717, 1.165) is 12.8 Å². The van der Waals surface area contributed by atoms with Gasteiger partial charge in [-0.2, -0.15) is 0 Å². The summed E-state index contributed by atoms with van der Waals surface area (Å²) in [5.74, 6) is 0. The van der Waals surface area contributed by atoms with Crippen LogP contribution in [-0.2, 0) is 17.5 Å². The molecule has 1 aromatic carbocycles. The van der Waals surface area contributed by atoms with Gasteiger partial charge in [0.1, 0.15) is 0 Å². The second kappa shape index (κ2) is 6.00. The standard InChI is InChI=1S/C11H16O3S/c1-9-5-7-10(8-6-9)3-2-4-11(12)15(13)14/h5-8,11-12H,2-4H2,1H3,(H,13,14). The molecule has 3 nitrogen and oxygen atoms in total. The molecule has 15 heavy (non-hydrogen) atoms. The van der Waals surface area contributed by atoms with Crippen molar-refractivity contribution in [2.75, 3.05) is 0 Å². The highest BCUT2D eigenvalue weighted by atomic mass is 32.2. The third kappa shape index (κ3) is 4.55. The van der Waals surface area contributed by atoms with Gasteiger partial charge in [0.25, 0.3) is 0 Å². The quantitative estimate of drug-likeness (QED) is 0.756. The van der Waals surface area contributed by atoms with Gasteiger partial charge in [0.2, 0.25) is 0 Å². The van der Waals surface area contributed by atoms with Crippen LogP contribution in [0.25, 0.3) is 0 Å². The molecule has 1 aromatic rings. The molecule has 0 heterocycles.